The van der Waals surface area contributed by atoms with E-state index in [9.17, 15) is 4.79 Å². The molecule has 0 unspecified atom stereocenters. The lowest BCUT2D eigenvalue weighted by Gasteiger charge is -2.36. The van der Waals surface area contributed by atoms with Crippen molar-refractivity contribution in [3.63, 3.8) is 0 Å². The number of anilines is 1. The van der Waals surface area contributed by atoms with Gasteiger partial charge in [0.1, 0.15) is 4.83 Å². The zero-order valence-electron chi connectivity index (χ0n) is 18.9. The van der Waals surface area contributed by atoms with Crippen LogP contribution in [0.25, 0.3) is 21.2 Å². The predicted molar refractivity (Wildman–Crippen MR) is 129 cm³/mol. The van der Waals surface area contributed by atoms with Crippen LogP contribution >= 0.6 is 11.3 Å². The summed E-state index contributed by atoms with van der Waals surface area (Å²) in [6.45, 7) is 9.87. The number of benzene rings is 1. The van der Waals surface area contributed by atoms with Crippen LogP contribution in [0.15, 0.2) is 33.8 Å². The fourth-order valence-corrected chi connectivity index (χ4v) is 6.13. The van der Waals surface area contributed by atoms with Crippen molar-refractivity contribution in [3.8, 4) is 0 Å². The molecular formula is C24H27N5O3S. The van der Waals surface area contributed by atoms with Gasteiger partial charge < -0.3 is 14.2 Å². The molecule has 172 valence electrons. The maximum Gasteiger partial charge on any atom is 0.262 e. The van der Waals surface area contributed by atoms with E-state index in [4.69, 9.17) is 9.26 Å². The molecule has 0 N–H and O–H groups in total. The number of aryl methyl sites for hydroxylation is 1. The van der Waals surface area contributed by atoms with Gasteiger partial charge in [0.15, 0.2) is 11.4 Å². The van der Waals surface area contributed by atoms with Gasteiger partial charge in [-0.2, -0.15) is 0 Å². The number of hydrogen-bond acceptors (Lipinski definition) is 8. The monoisotopic (exact) mass is 465 g/mol. The van der Waals surface area contributed by atoms with Gasteiger partial charge in [-0.15, -0.1) is 11.3 Å². The Kier molecular flexibility index (Phi) is 5.20. The van der Waals surface area contributed by atoms with Crippen molar-refractivity contribution in [1.82, 2.24) is 19.6 Å². The minimum absolute atomic E-state index is 0.0480. The Morgan fingerprint density at radius 2 is 2.06 bits per heavy atom. The number of thiophene rings is 1. The van der Waals surface area contributed by atoms with Crippen LogP contribution in [0.2, 0.25) is 0 Å². The number of fused-ring (bicyclic) bond motifs is 4. The molecule has 8 nitrogen and oxygen atoms in total. The van der Waals surface area contributed by atoms with Crippen molar-refractivity contribution < 1.29 is 9.26 Å². The largest absolute Gasteiger partial charge is 0.376 e. The lowest BCUT2D eigenvalue weighted by atomic mass is 10.1. The SMILES string of the molecule is Cc1ccc2onc(N3CCN(C[C@H](C)n4cnc5sc6c(c5c4=O)CCOC6)CC3)c2c1. The van der Waals surface area contributed by atoms with Gasteiger partial charge in [-0.25, -0.2) is 4.98 Å². The molecule has 2 aliphatic heterocycles. The van der Waals surface area contributed by atoms with Crippen LogP contribution in [0.4, 0.5) is 5.82 Å². The fourth-order valence-electron chi connectivity index (χ4n) is 5.01. The van der Waals surface area contributed by atoms with Gasteiger partial charge in [0, 0.05) is 43.6 Å². The molecule has 2 aliphatic rings. The van der Waals surface area contributed by atoms with Gasteiger partial charge in [-0.05, 0) is 38.0 Å². The Morgan fingerprint density at radius 1 is 1.21 bits per heavy atom. The average Bonchev–Trinajstić information content (AvgIpc) is 3.41. The van der Waals surface area contributed by atoms with E-state index in [2.05, 4.69) is 39.9 Å². The third-order valence-corrected chi connectivity index (χ3v) is 7.94. The molecule has 1 saturated heterocycles. The molecular weight excluding hydrogens is 438 g/mol. The number of hydrogen-bond donors (Lipinski definition) is 0. The summed E-state index contributed by atoms with van der Waals surface area (Å²) in [5.41, 5.74) is 3.25. The van der Waals surface area contributed by atoms with Gasteiger partial charge in [0.2, 0.25) is 0 Å². The van der Waals surface area contributed by atoms with E-state index < -0.39 is 0 Å². The Hall–Kier alpha value is -2.75. The third-order valence-electron chi connectivity index (χ3n) is 6.82. The van der Waals surface area contributed by atoms with Crippen molar-refractivity contribution in [3.05, 3.63) is 50.9 Å². The summed E-state index contributed by atoms with van der Waals surface area (Å²) in [4.78, 5) is 24.7. The first kappa shape index (κ1) is 20.8. The highest BCUT2D eigenvalue weighted by atomic mass is 32.1. The van der Waals surface area contributed by atoms with E-state index in [-0.39, 0.29) is 11.6 Å². The van der Waals surface area contributed by atoms with Crippen LogP contribution in [-0.2, 0) is 17.8 Å². The minimum Gasteiger partial charge on any atom is -0.376 e. The van der Waals surface area contributed by atoms with E-state index in [1.807, 2.05) is 16.7 Å². The molecule has 1 aromatic carbocycles. The molecule has 6 rings (SSSR count). The maximum absolute atomic E-state index is 13.3. The summed E-state index contributed by atoms with van der Waals surface area (Å²) in [6.07, 6.45) is 2.51. The van der Waals surface area contributed by atoms with Gasteiger partial charge in [0.05, 0.1) is 30.3 Å². The molecule has 1 atom stereocenters. The van der Waals surface area contributed by atoms with E-state index in [0.29, 0.717) is 13.2 Å². The molecule has 33 heavy (non-hydrogen) atoms. The van der Waals surface area contributed by atoms with Crippen LogP contribution in [0.3, 0.4) is 0 Å². The van der Waals surface area contributed by atoms with Gasteiger partial charge in [-0.3, -0.25) is 14.3 Å². The van der Waals surface area contributed by atoms with Crippen molar-refractivity contribution in [2.75, 3.05) is 44.2 Å². The molecule has 5 heterocycles. The standard InChI is InChI=1S/C24H27N5O3S/c1-15-3-4-19-18(11-15)22(26-32-19)28-8-6-27(7-9-28)12-16(2)29-14-25-23-21(24(29)30)17-5-10-31-13-20(17)33-23/h3-4,11,14,16H,5-10,12-13H2,1-2H3/t16-/m0/s1. The van der Waals surface area contributed by atoms with E-state index in [0.717, 1.165) is 76.6 Å². The summed E-state index contributed by atoms with van der Waals surface area (Å²) in [5.74, 6) is 0.929. The van der Waals surface area contributed by atoms with E-state index in [1.165, 1.54) is 5.56 Å². The molecule has 0 amide bonds. The number of aromatic nitrogens is 3. The molecule has 0 radical (unpaired) electrons. The molecule has 0 bridgehead atoms. The summed E-state index contributed by atoms with van der Waals surface area (Å²) in [5, 5.41) is 6.21. The highest BCUT2D eigenvalue weighted by Crippen LogP contribution is 2.31. The number of rotatable bonds is 4. The van der Waals surface area contributed by atoms with E-state index >= 15 is 0 Å². The summed E-state index contributed by atoms with van der Waals surface area (Å²) in [6, 6.07) is 6.22. The average molecular weight is 466 g/mol. The second-order valence-corrected chi connectivity index (χ2v) is 10.2. The second kappa shape index (κ2) is 8.23. The highest BCUT2D eigenvalue weighted by Gasteiger charge is 2.25. The first-order valence-corrected chi connectivity index (χ1v) is 12.3. The van der Waals surface area contributed by atoms with Crippen LogP contribution in [-0.4, -0.2) is 58.9 Å². The molecule has 3 aromatic heterocycles. The first-order valence-electron chi connectivity index (χ1n) is 11.5. The predicted octanol–water partition coefficient (Wildman–Crippen LogP) is 3.36. The molecule has 9 heteroatoms. The van der Waals surface area contributed by atoms with Crippen molar-refractivity contribution in [1.29, 1.82) is 0 Å². The third kappa shape index (κ3) is 3.64. The Labute approximate surface area is 195 Å². The van der Waals surface area contributed by atoms with Crippen LogP contribution < -0.4 is 10.5 Å². The lowest BCUT2D eigenvalue weighted by molar-refractivity contribution is 0.114. The van der Waals surface area contributed by atoms with Gasteiger partial charge in [-0.1, -0.05) is 16.8 Å². The maximum atomic E-state index is 13.3. The van der Waals surface area contributed by atoms with Crippen LogP contribution in [0, 0.1) is 6.92 Å². The quantitative estimate of drug-likeness (QED) is 0.457. The zero-order valence-corrected chi connectivity index (χ0v) is 19.7. The Morgan fingerprint density at radius 3 is 2.91 bits per heavy atom. The van der Waals surface area contributed by atoms with Gasteiger partial charge in [0.25, 0.3) is 5.56 Å². The number of nitrogens with zero attached hydrogens (tertiary/aromatic N) is 5. The normalized spacial score (nSPS) is 18.2. The van der Waals surface area contributed by atoms with Crippen molar-refractivity contribution in [2.24, 2.45) is 0 Å². The molecule has 4 aromatic rings. The smallest absolute Gasteiger partial charge is 0.262 e. The first-order chi connectivity index (χ1) is 16.1. The Balaban J connectivity index is 1.17. The highest BCUT2D eigenvalue weighted by molar-refractivity contribution is 7.18. The molecule has 0 spiro atoms. The fraction of sp³-hybridized carbons (Fsp3) is 0.458. The molecule has 0 saturated carbocycles. The summed E-state index contributed by atoms with van der Waals surface area (Å²) >= 11 is 1.59. The van der Waals surface area contributed by atoms with Gasteiger partial charge >= 0.3 is 0 Å². The van der Waals surface area contributed by atoms with E-state index in [1.54, 1.807) is 17.7 Å². The number of ether oxygens (including phenoxy) is 1. The van der Waals surface area contributed by atoms with Crippen molar-refractivity contribution >= 4 is 38.3 Å². The second-order valence-electron chi connectivity index (χ2n) is 9.09. The zero-order chi connectivity index (χ0) is 22.5. The topological polar surface area (TPSA) is 76.6 Å². The lowest BCUT2D eigenvalue weighted by Crippen LogP contribution is -2.48. The summed E-state index contributed by atoms with van der Waals surface area (Å²) < 4.78 is 12.9. The Bertz CT molecular complexity index is 1380. The van der Waals surface area contributed by atoms with Crippen LogP contribution in [0.1, 0.15) is 29.0 Å². The van der Waals surface area contributed by atoms with Crippen LogP contribution in [0.5, 0.6) is 0 Å². The number of piperazine rings is 1. The minimum atomic E-state index is 0.0480. The van der Waals surface area contributed by atoms with Crippen molar-refractivity contribution in [2.45, 2.75) is 32.9 Å². The molecule has 1 fully saturated rings. The molecule has 0 aliphatic carbocycles. The summed E-state index contributed by atoms with van der Waals surface area (Å²) in [7, 11) is 0.